The molecule has 5 heteroatoms. The molecule has 1 aromatic rings. The summed E-state index contributed by atoms with van der Waals surface area (Å²) in [7, 11) is -3.46. The topological polar surface area (TPSA) is 58.2 Å². The largest absolute Gasteiger partial charge is 0.384 e. The standard InChI is InChI=1S/C15H24N2O2S/c1-3-16-14-10-6-7-11-15(14)20(18,19)17-13-9-5-4-8-12(13)2/h6-7,10-13,16-17H,3-5,8-9H2,1-2H3. The first kappa shape index (κ1) is 15.3. The SMILES string of the molecule is CCNc1ccccc1S(=O)(=O)NC1CCCCC1C. The van der Waals surface area contributed by atoms with Crippen molar-refractivity contribution in [1.29, 1.82) is 0 Å². The van der Waals surface area contributed by atoms with E-state index in [1.165, 1.54) is 6.42 Å². The minimum absolute atomic E-state index is 0.0587. The Morgan fingerprint density at radius 1 is 1.20 bits per heavy atom. The van der Waals surface area contributed by atoms with Gasteiger partial charge in [0.05, 0.1) is 5.69 Å². The van der Waals surface area contributed by atoms with Gasteiger partial charge in [0.1, 0.15) is 4.90 Å². The van der Waals surface area contributed by atoms with Gasteiger partial charge >= 0.3 is 0 Å². The molecule has 0 amide bonds. The zero-order chi connectivity index (χ0) is 14.6. The van der Waals surface area contributed by atoms with Crippen molar-refractivity contribution >= 4 is 15.7 Å². The van der Waals surface area contributed by atoms with Gasteiger partial charge < -0.3 is 5.32 Å². The van der Waals surface area contributed by atoms with Gasteiger partial charge in [0.25, 0.3) is 0 Å². The zero-order valence-electron chi connectivity index (χ0n) is 12.2. The molecular formula is C15H24N2O2S. The van der Waals surface area contributed by atoms with Crippen LogP contribution in [-0.2, 0) is 10.0 Å². The van der Waals surface area contributed by atoms with Crippen LogP contribution in [0.2, 0.25) is 0 Å². The Hall–Kier alpha value is -1.07. The van der Waals surface area contributed by atoms with E-state index in [-0.39, 0.29) is 6.04 Å². The quantitative estimate of drug-likeness (QED) is 0.878. The second-order valence-electron chi connectivity index (χ2n) is 5.52. The zero-order valence-corrected chi connectivity index (χ0v) is 13.0. The number of nitrogens with one attached hydrogen (secondary N) is 2. The number of sulfonamides is 1. The fourth-order valence-corrected chi connectivity index (χ4v) is 4.35. The maximum Gasteiger partial charge on any atom is 0.242 e. The Kier molecular flexibility index (Phi) is 5.05. The van der Waals surface area contributed by atoms with Gasteiger partial charge in [-0.3, -0.25) is 0 Å². The van der Waals surface area contributed by atoms with Crippen molar-refractivity contribution in [1.82, 2.24) is 4.72 Å². The molecule has 1 saturated carbocycles. The van der Waals surface area contributed by atoms with Crippen LogP contribution < -0.4 is 10.0 Å². The summed E-state index contributed by atoms with van der Waals surface area (Å²) in [6.07, 6.45) is 4.34. The van der Waals surface area contributed by atoms with Gasteiger partial charge in [0.15, 0.2) is 0 Å². The predicted octanol–water partition coefficient (Wildman–Crippen LogP) is 2.98. The molecule has 0 bridgehead atoms. The maximum absolute atomic E-state index is 12.6. The monoisotopic (exact) mass is 296 g/mol. The Morgan fingerprint density at radius 3 is 2.60 bits per heavy atom. The first-order valence-electron chi connectivity index (χ1n) is 7.40. The van der Waals surface area contributed by atoms with Crippen LogP contribution in [-0.4, -0.2) is 21.0 Å². The highest BCUT2D eigenvalue weighted by Gasteiger charge is 2.27. The summed E-state index contributed by atoms with van der Waals surface area (Å²) < 4.78 is 28.1. The van der Waals surface area contributed by atoms with E-state index >= 15 is 0 Å². The summed E-state index contributed by atoms with van der Waals surface area (Å²) in [6, 6.07) is 7.14. The van der Waals surface area contributed by atoms with E-state index in [9.17, 15) is 8.42 Å². The lowest BCUT2D eigenvalue weighted by molar-refractivity contribution is 0.310. The molecule has 2 unspecified atom stereocenters. The van der Waals surface area contributed by atoms with Crippen LogP contribution in [0.1, 0.15) is 39.5 Å². The van der Waals surface area contributed by atoms with Crippen LogP contribution in [0.25, 0.3) is 0 Å². The van der Waals surface area contributed by atoms with E-state index in [1.807, 2.05) is 19.1 Å². The molecule has 0 spiro atoms. The number of para-hydroxylation sites is 1. The smallest absolute Gasteiger partial charge is 0.242 e. The third-order valence-corrected chi connectivity index (χ3v) is 5.51. The van der Waals surface area contributed by atoms with Crippen LogP contribution in [0.15, 0.2) is 29.2 Å². The Morgan fingerprint density at radius 2 is 1.90 bits per heavy atom. The van der Waals surface area contributed by atoms with Gasteiger partial charge in [-0.25, -0.2) is 13.1 Å². The molecule has 1 aliphatic carbocycles. The summed E-state index contributed by atoms with van der Waals surface area (Å²) in [5.41, 5.74) is 0.672. The maximum atomic E-state index is 12.6. The van der Waals surface area contributed by atoms with Crippen molar-refractivity contribution in [2.24, 2.45) is 5.92 Å². The number of anilines is 1. The van der Waals surface area contributed by atoms with Crippen molar-refractivity contribution in [2.75, 3.05) is 11.9 Å². The van der Waals surface area contributed by atoms with Gasteiger partial charge in [-0.2, -0.15) is 0 Å². The van der Waals surface area contributed by atoms with E-state index < -0.39 is 10.0 Å². The molecule has 2 rings (SSSR count). The number of hydrogen-bond acceptors (Lipinski definition) is 3. The molecule has 0 aromatic heterocycles. The van der Waals surface area contributed by atoms with Crippen molar-refractivity contribution in [3.8, 4) is 0 Å². The molecule has 0 saturated heterocycles. The molecule has 4 nitrogen and oxygen atoms in total. The lowest BCUT2D eigenvalue weighted by Gasteiger charge is -2.29. The molecule has 0 radical (unpaired) electrons. The van der Waals surface area contributed by atoms with E-state index in [0.717, 1.165) is 19.3 Å². The fourth-order valence-electron chi connectivity index (χ4n) is 2.79. The summed E-state index contributed by atoms with van der Waals surface area (Å²) in [6.45, 7) is 4.79. The lowest BCUT2D eigenvalue weighted by Crippen LogP contribution is -2.41. The average Bonchev–Trinajstić information content (AvgIpc) is 2.42. The second kappa shape index (κ2) is 6.59. The highest BCUT2D eigenvalue weighted by atomic mass is 32.2. The highest BCUT2D eigenvalue weighted by Crippen LogP contribution is 2.27. The third kappa shape index (κ3) is 3.52. The molecule has 1 fully saturated rings. The molecule has 1 aromatic carbocycles. The third-order valence-electron chi connectivity index (χ3n) is 3.96. The first-order chi connectivity index (χ1) is 9.54. The van der Waals surface area contributed by atoms with E-state index in [1.54, 1.807) is 12.1 Å². The van der Waals surface area contributed by atoms with Gasteiger partial charge in [-0.05, 0) is 37.8 Å². The fraction of sp³-hybridized carbons (Fsp3) is 0.600. The Balaban J connectivity index is 2.21. The van der Waals surface area contributed by atoms with E-state index in [0.29, 0.717) is 23.0 Å². The minimum Gasteiger partial charge on any atom is -0.384 e. The van der Waals surface area contributed by atoms with Gasteiger partial charge in [0.2, 0.25) is 10.0 Å². The predicted molar refractivity (Wildman–Crippen MR) is 82.3 cm³/mol. The molecule has 2 atom stereocenters. The average molecular weight is 296 g/mol. The van der Waals surface area contributed by atoms with Crippen molar-refractivity contribution in [2.45, 2.75) is 50.5 Å². The molecule has 20 heavy (non-hydrogen) atoms. The summed E-state index contributed by atoms with van der Waals surface area (Å²) in [5, 5.41) is 3.11. The van der Waals surface area contributed by atoms with Crippen LogP contribution in [0.5, 0.6) is 0 Å². The molecule has 1 aliphatic rings. The van der Waals surface area contributed by atoms with E-state index in [2.05, 4.69) is 17.0 Å². The van der Waals surface area contributed by atoms with Gasteiger partial charge in [-0.1, -0.05) is 31.9 Å². The number of rotatable bonds is 5. The van der Waals surface area contributed by atoms with Crippen LogP contribution in [0.4, 0.5) is 5.69 Å². The molecule has 112 valence electrons. The van der Waals surface area contributed by atoms with Crippen LogP contribution >= 0.6 is 0 Å². The van der Waals surface area contributed by atoms with Gasteiger partial charge in [-0.15, -0.1) is 0 Å². The summed E-state index contributed by atoms with van der Waals surface area (Å²) in [4.78, 5) is 0.347. The molecule has 0 aliphatic heterocycles. The highest BCUT2D eigenvalue weighted by molar-refractivity contribution is 7.89. The molecule has 2 N–H and O–H groups in total. The molecule has 0 heterocycles. The number of benzene rings is 1. The van der Waals surface area contributed by atoms with Crippen molar-refractivity contribution in [3.63, 3.8) is 0 Å². The molecular weight excluding hydrogens is 272 g/mol. The summed E-state index contributed by atoms with van der Waals surface area (Å²) >= 11 is 0. The Bertz CT molecular complexity index is 543. The van der Waals surface area contributed by atoms with Crippen molar-refractivity contribution < 1.29 is 8.42 Å². The minimum atomic E-state index is -3.46. The second-order valence-corrected chi connectivity index (χ2v) is 7.20. The van der Waals surface area contributed by atoms with Crippen LogP contribution in [0.3, 0.4) is 0 Å². The van der Waals surface area contributed by atoms with E-state index in [4.69, 9.17) is 0 Å². The van der Waals surface area contributed by atoms with Crippen LogP contribution in [0, 0.1) is 5.92 Å². The lowest BCUT2D eigenvalue weighted by atomic mass is 9.87. The number of hydrogen-bond donors (Lipinski definition) is 2. The Labute approximate surface area is 122 Å². The summed E-state index contributed by atoms with van der Waals surface area (Å²) in [5.74, 6) is 0.407. The van der Waals surface area contributed by atoms with Crippen molar-refractivity contribution in [3.05, 3.63) is 24.3 Å². The first-order valence-corrected chi connectivity index (χ1v) is 8.88. The van der Waals surface area contributed by atoms with Gasteiger partial charge in [0, 0.05) is 12.6 Å². The normalized spacial score (nSPS) is 23.5.